The first-order valence-electron chi connectivity index (χ1n) is 18.3. The average molecular weight is 727 g/mol. The lowest BCUT2D eigenvalue weighted by Crippen LogP contribution is -1.97. The Morgan fingerprint density at radius 2 is 1.65 bits per heavy atom. The number of allylic oxidation sites excluding steroid dienone is 11. The number of unbranched alkanes of at least 4 members (excludes halogenated alkanes) is 1. The molecule has 0 unspecified atom stereocenters. The molecule has 0 amide bonds. The summed E-state index contributed by atoms with van der Waals surface area (Å²) in [4.78, 5) is 0. The maximum absolute atomic E-state index is 12.9. The Morgan fingerprint density at radius 1 is 1.10 bits per heavy atom. The zero-order chi connectivity index (χ0) is 41.0. The van der Waals surface area contributed by atoms with E-state index in [0.29, 0.717) is 11.6 Å². The topological polar surface area (TPSA) is 102 Å². The Labute approximate surface area is 321 Å². The third-order valence-electron chi connectivity index (χ3n) is 6.29. The zero-order valence-corrected chi connectivity index (χ0v) is 35.4. The van der Waals surface area contributed by atoms with Crippen molar-refractivity contribution in [2.75, 3.05) is 19.3 Å². The third-order valence-corrected chi connectivity index (χ3v) is 6.29. The van der Waals surface area contributed by atoms with Gasteiger partial charge in [-0.05, 0) is 137 Å². The normalized spacial score (nSPS) is 10.8. The molecule has 1 aromatic rings. The van der Waals surface area contributed by atoms with Gasteiger partial charge >= 0.3 is 0 Å². The highest BCUT2D eigenvalue weighted by molar-refractivity contribution is 7.78. The lowest BCUT2D eigenvalue weighted by molar-refractivity contribution is 0.666. The van der Waals surface area contributed by atoms with E-state index in [1.165, 1.54) is 48.8 Å². The van der Waals surface area contributed by atoms with Crippen molar-refractivity contribution in [2.24, 2.45) is 17.4 Å². The van der Waals surface area contributed by atoms with Crippen LogP contribution < -0.4 is 17.2 Å². The molecule has 0 spiro atoms. The Hall–Kier alpha value is -3.45. The van der Waals surface area contributed by atoms with E-state index in [1.54, 1.807) is 5.37 Å². The van der Waals surface area contributed by atoms with Crippen LogP contribution >= 0.6 is 12.2 Å². The maximum Gasteiger partial charge on any atom is 0.122 e. The van der Waals surface area contributed by atoms with Gasteiger partial charge < -0.3 is 22.6 Å². The van der Waals surface area contributed by atoms with Crippen LogP contribution in [0.15, 0.2) is 116 Å². The van der Waals surface area contributed by atoms with Crippen molar-refractivity contribution in [1.82, 2.24) is 0 Å². The summed E-state index contributed by atoms with van der Waals surface area (Å²) in [5.41, 5.74) is 22.8. The second-order valence-corrected chi connectivity index (χ2v) is 11.4. The fourth-order valence-corrected chi connectivity index (χ4v) is 3.48. The van der Waals surface area contributed by atoms with Crippen LogP contribution in [0.3, 0.4) is 0 Å². The van der Waals surface area contributed by atoms with E-state index >= 15 is 0 Å². The van der Waals surface area contributed by atoms with Crippen molar-refractivity contribution < 1.29 is 4.39 Å². The average Bonchev–Trinajstić information content (AvgIpc) is 3.15. The van der Waals surface area contributed by atoms with Gasteiger partial charge in [-0.1, -0.05) is 122 Å². The SMILES string of the molecule is C=C.C=C/C(F)=C\C(=C)CC1=CCCC(CC)=C1.C=CC(C)C.CC.CC/C=C\C(=N)CCc1ccc(C)c(N)c1.CC=S.CCCCN.CN. The Kier molecular flexibility index (Phi) is 56.9. The van der Waals surface area contributed by atoms with Gasteiger partial charge in [0, 0.05) is 11.4 Å². The smallest absolute Gasteiger partial charge is 0.122 e. The largest absolute Gasteiger partial charge is 0.399 e. The van der Waals surface area contributed by atoms with Gasteiger partial charge in [0.1, 0.15) is 5.83 Å². The van der Waals surface area contributed by atoms with E-state index in [9.17, 15) is 4.39 Å². The number of halogens is 1. The minimum Gasteiger partial charge on any atom is -0.399 e. The third kappa shape index (κ3) is 46.5. The number of benzene rings is 1. The molecule has 1 aliphatic rings. The Bertz CT molecular complexity index is 1130. The molecule has 0 saturated carbocycles. The van der Waals surface area contributed by atoms with E-state index in [2.05, 4.69) is 104 Å². The molecule has 0 atom stereocenters. The molecule has 7 N–H and O–H groups in total. The summed E-state index contributed by atoms with van der Waals surface area (Å²) < 4.78 is 12.9. The second-order valence-electron chi connectivity index (χ2n) is 10.9. The first-order chi connectivity index (χ1) is 24.4. The quantitative estimate of drug-likeness (QED) is 0.0534. The molecule has 0 aliphatic heterocycles. The molecule has 1 aliphatic carbocycles. The summed E-state index contributed by atoms with van der Waals surface area (Å²) in [6.45, 7) is 36.0. The number of thiocarbonyl (C=S) groups is 1. The van der Waals surface area contributed by atoms with E-state index in [1.807, 2.05) is 58.1 Å². The van der Waals surface area contributed by atoms with Gasteiger partial charge in [0.25, 0.3) is 0 Å². The highest BCUT2D eigenvalue weighted by Gasteiger charge is 2.05. The van der Waals surface area contributed by atoms with Crippen LogP contribution in [0.25, 0.3) is 0 Å². The predicted molar refractivity (Wildman–Crippen MR) is 241 cm³/mol. The molecule has 51 heavy (non-hydrogen) atoms. The molecule has 0 aromatic heterocycles. The molecule has 1 aromatic carbocycles. The van der Waals surface area contributed by atoms with Gasteiger partial charge in [0.15, 0.2) is 0 Å². The molecule has 292 valence electrons. The van der Waals surface area contributed by atoms with Crippen molar-refractivity contribution in [1.29, 1.82) is 5.41 Å². The van der Waals surface area contributed by atoms with Crippen molar-refractivity contribution in [3.63, 3.8) is 0 Å². The number of nitrogens with two attached hydrogens (primary N) is 3. The molecule has 2 rings (SSSR count). The molecular weight excluding hydrogens is 648 g/mol. The van der Waals surface area contributed by atoms with Gasteiger partial charge in [-0.2, -0.15) is 0 Å². The predicted octanol–water partition coefficient (Wildman–Crippen LogP) is 13.5. The van der Waals surface area contributed by atoms with E-state index in [-0.39, 0.29) is 5.83 Å². The van der Waals surface area contributed by atoms with Crippen LogP contribution in [0.4, 0.5) is 10.1 Å². The standard InChI is InChI=1S/C15H19F.C14H20N2.C5H10.C4H11N.C2H4S.C2H6.C2H4.CH5N/c1-4-13-7-6-8-14(11-13)9-12(3)10-15(16)5-2;1-3-4-5-13(15)9-8-12-7-6-11(2)14(16)10-12;1-4-5(2)3;1-2-3-4-5;1-2-3;3*1-2/h5,8,10-11H,2-4,6-7,9H2,1H3;4-7,10,15H,3,8-9,16H2,1-2H3;4-5H,1H2,2-3H3;2-5H2,1H3;2H,1H3;1-2H3;1-2H2;2H2,1H3/b15-10+;5-4-,15-13?;;;;;;. The van der Waals surface area contributed by atoms with E-state index in [4.69, 9.17) is 16.9 Å². The lowest BCUT2D eigenvalue weighted by Gasteiger charge is -2.12. The van der Waals surface area contributed by atoms with Gasteiger partial charge in [-0.25, -0.2) is 4.39 Å². The first-order valence-corrected chi connectivity index (χ1v) is 18.8. The molecule has 0 saturated heterocycles. The minimum absolute atomic E-state index is 0.318. The summed E-state index contributed by atoms with van der Waals surface area (Å²) in [5.74, 6) is 0.330. The van der Waals surface area contributed by atoms with Gasteiger partial charge in [0.2, 0.25) is 0 Å². The molecule has 0 fully saturated rings. The van der Waals surface area contributed by atoms with Crippen LogP contribution in [0.2, 0.25) is 0 Å². The molecule has 0 heterocycles. The maximum atomic E-state index is 12.9. The monoisotopic (exact) mass is 727 g/mol. The highest BCUT2D eigenvalue weighted by Crippen LogP contribution is 2.24. The van der Waals surface area contributed by atoms with Crippen molar-refractivity contribution in [3.05, 3.63) is 127 Å². The number of hydrogen-bond acceptors (Lipinski definition) is 5. The molecule has 4 nitrogen and oxygen atoms in total. The number of hydrogen-bond donors (Lipinski definition) is 4. The number of aryl methyl sites for hydroxylation is 2. The molecule has 6 heteroatoms. The van der Waals surface area contributed by atoms with Gasteiger partial charge in [0.05, 0.1) is 0 Å². The lowest BCUT2D eigenvalue weighted by atomic mass is 9.94. The van der Waals surface area contributed by atoms with Crippen LogP contribution in [-0.4, -0.2) is 24.7 Å². The Balaban J connectivity index is -0.000000134. The fourth-order valence-electron chi connectivity index (χ4n) is 3.48. The van der Waals surface area contributed by atoms with E-state index < -0.39 is 0 Å². The number of rotatable bonds is 13. The molecule has 0 bridgehead atoms. The summed E-state index contributed by atoms with van der Waals surface area (Å²) >= 11 is 4.27. The minimum atomic E-state index is -0.318. The van der Waals surface area contributed by atoms with Gasteiger partial charge in [-0.15, -0.1) is 19.7 Å². The molecule has 0 radical (unpaired) electrons. The number of nitrogen functional groups attached to an aromatic ring is 1. The summed E-state index contributed by atoms with van der Waals surface area (Å²) in [6.07, 6.45) is 22.0. The fraction of sp³-hybridized carbons (Fsp3) is 0.467. The first kappa shape index (κ1) is 59.7. The Morgan fingerprint density at radius 3 is 2.04 bits per heavy atom. The molecular formula is C45H79FN4S. The van der Waals surface area contributed by atoms with Crippen molar-refractivity contribution in [3.8, 4) is 0 Å². The summed E-state index contributed by atoms with van der Waals surface area (Å²) in [5, 5.41) is 9.30. The van der Waals surface area contributed by atoms with Crippen molar-refractivity contribution >= 4 is 29.0 Å². The summed E-state index contributed by atoms with van der Waals surface area (Å²) in [6, 6.07) is 6.13. The van der Waals surface area contributed by atoms with Crippen LogP contribution in [0.1, 0.15) is 118 Å². The highest BCUT2D eigenvalue weighted by atomic mass is 32.1. The number of nitrogens with one attached hydrogen (secondary N) is 1. The van der Waals surface area contributed by atoms with Crippen LogP contribution in [0.5, 0.6) is 0 Å². The zero-order valence-electron chi connectivity index (χ0n) is 34.6. The van der Waals surface area contributed by atoms with Crippen LogP contribution in [0, 0.1) is 18.3 Å². The second kappa shape index (κ2) is 48.7. The summed E-state index contributed by atoms with van der Waals surface area (Å²) in [7, 11) is 1.50. The van der Waals surface area contributed by atoms with Crippen LogP contribution in [-0.2, 0) is 6.42 Å². The van der Waals surface area contributed by atoms with Gasteiger partial charge in [-0.3, -0.25) is 0 Å². The van der Waals surface area contributed by atoms with Crippen molar-refractivity contribution in [2.45, 2.75) is 120 Å². The number of anilines is 1. The van der Waals surface area contributed by atoms with E-state index in [0.717, 1.165) is 68.3 Å².